The zero-order valence-corrected chi connectivity index (χ0v) is 9.48. The van der Waals surface area contributed by atoms with E-state index < -0.39 is 23.5 Å². The second-order valence-corrected chi connectivity index (χ2v) is 5.07. The van der Waals surface area contributed by atoms with Gasteiger partial charge >= 0.3 is 0 Å². The molecule has 0 atom stereocenters. The number of benzene rings is 1. The Morgan fingerprint density at radius 2 is 1.81 bits per heavy atom. The van der Waals surface area contributed by atoms with Gasteiger partial charge in [-0.25, -0.2) is 8.42 Å². The normalized spacial score (nSPS) is 12.0. The summed E-state index contributed by atoms with van der Waals surface area (Å²) in [5.74, 6) is -0.380. The van der Waals surface area contributed by atoms with Crippen LogP contribution in [0.2, 0.25) is 0 Å². The second-order valence-electron chi connectivity index (χ2n) is 3.16. The molecule has 90 valence electrons. The summed E-state index contributed by atoms with van der Waals surface area (Å²) in [6.45, 7) is -0.158. The number of phenols is 1. The van der Waals surface area contributed by atoms with Crippen molar-refractivity contribution in [2.24, 2.45) is 0 Å². The average Bonchev–Trinajstić information content (AvgIpc) is 2.23. The third kappa shape index (κ3) is 2.17. The van der Waals surface area contributed by atoms with Crippen molar-refractivity contribution in [2.75, 3.05) is 13.5 Å². The van der Waals surface area contributed by atoms with Gasteiger partial charge in [-0.2, -0.15) is 0 Å². The van der Waals surface area contributed by atoms with Crippen LogP contribution in [0.3, 0.4) is 0 Å². The number of nitrogens with zero attached hydrogens (tertiary/aromatic N) is 1. The summed E-state index contributed by atoms with van der Waals surface area (Å²) in [5.41, 5.74) is 0.400. The molecule has 0 spiro atoms. The maximum atomic E-state index is 11.8. The Hall–Kier alpha value is -1.15. The number of para-hydroxylation sites is 1. The van der Waals surface area contributed by atoms with Gasteiger partial charge in [-0.15, -0.1) is 4.31 Å². The van der Waals surface area contributed by atoms with Gasteiger partial charge in [0.1, 0.15) is 24.1 Å². The quantitative estimate of drug-likeness (QED) is 0.628. The SMILES string of the molecule is Cc1cccc(S(=O)(=O)N(CO)CO)c1O. The first-order chi connectivity index (χ1) is 7.45. The van der Waals surface area contributed by atoms with Crippen molar-refractivity contribution in [1.82, 2.24) is 4.31 Å². The van der Waals surface area contributed by atoms with Gasteiger partial charge in [0.25, 0.3) is 10.0 Å². The minimum Gasteiger partial charge on any atom is -0.506 e. The van der Waals surface area contributed by atoms with Crippen LogP contribution in [0.4, 0.5) is 0 Å². The Kier molecular flexibility index (Phi) is 3.87. The molecule has 0 saturated carbocycles. The number of hydrogen-bond donors (Lipinski definition) is 3. The van der Waals surface area contributed by atoms with Crippen LogP contribution in [0, 0.1) is 6.92 Å². The fraction of sp³-hybridized carbons (Fsp3) is 0.333. The first-order valence-corrected chi connectivity index (χ1v) is 5.89. The summed E-state index contributed by atoms with van der Waals surface area (Å²) in [5, 5.41) is 27.2. The molecule has 0 unspecified atom stereocenters. The Bertz CT molecular complexity index is 467. The van der Waals surface area contributed by atoms with E-state index in [0.717, 1.165) is 0 Å². The predicted octanol–water partition coefficient (Wildman–Crippen LogP) is -0.409. The van der Waals surface area contributed by atoms with Crippen LogP contribution in [-0.4, -0.2) is 41.5 Å². The predicted molar refractivity (Wildman–Crippen MR) is 56.0 cm³/mol. The molecule has 0 aliphatic carbocycles. The summed E-state index contributed by atoms with van der Waals surface area (Å²) in [6.07, 6.45) is 0. The lowest BCUT2D eigenvalue weighted by atomic mass is 10.2. The van der Waals surface area contributed by atoms with E-state index >= 15 is 0 Å². The molecular formula is C9H13NO5S. The lowest BCUT2D eigenvalue weighted by Gasteiger charge is -2.17. The number of phenolic OH excluding ortho intramolecular Hbond substituents is 1. The topological polar surface area (TPSA) is 98.1 Å². The van der Waals surface area contributed by atoms with Gasteiger partial charge in [0.2, 0.25) is 0 Å². The lowest BCUT2D eigenvalue weighted by Crippen LogP contribution is -2.32. The molecule has 0 aliphatic rings. The molecule has 1 rings (SSSR count). The summed E-state index contributed by atoms with van der Waals surface area (Å²) in [7, 11) is -4.07. The van der Waals surface area contributed by atoms with Crippen LogP contribution in [0.1, 0.15) is 5.56 Å². The Morgan fingerprint density at radius 1 is 1.25 bits per heavy atom. The van der Waals surface area contributed by atoms with Gasteiger partial charge in [0.05, 0.1) is 0 Å². The smallest absolute Gasteiger partial charge is 0.250 e. The Labute approximate surface area is 93.4 Å². The number of aryl methyl sites for hydroxylation is 1. The molecule has 7 heteroatoms. The van der Waals surface area contributed by atoms with Gasteiger partial charge in [0, 0.05) is 0 Å². The number of hydrogen-bond acceptors (Lipinski definition) is 5. The maximum Gasteiger partial charge on any atom is 0.250 e. The lowest BCUT2D eigenvalue weighted by molar-refractivity contribution is 0.0964. The van der Waals surface area contributed by atoms with Crippen LogP contribution in [0.25, 0.3) is 0 Å². The van der Waals surface area contributed by atoms with Crippen molar-refractivity contribution in [3.8, 4) is 5.75 Å². The molecule has 3 N–H and O–H groups in total. The zero-order chi connectivity index (χ0) is 12.3. The monoisotopic (exact) mass is 247 g/mol. The van der Waals surface area contributed by atoms with Crippen molar-refractivity contribution >= 4 is 10.0 Å². The third-order valence-electron chi connectivity index (χ3n) is 2.13. The molecule has 0 saturated heterocycles. The van der Waals surface area contributed by atoms with Crippen LogP contribution in [0.15, 0.2) is 23.1 Å². The molecular weight excluding hydrogens is 234 g/mol. The Morgan fingerprint density at radius 3 is 2.31 bits per heavy atom. The van der Waals surface area contributed by atoms with E-state index in [4.69, 9.17) is 10.2 Å². The van der Waals surface area contributed by atoms with E-state index in [1.165, 1.54) is 12.1 Å². The number of aliphatic hydroxyl groups is 2. The van der Waals surface area contributed by atoms with Gasteiger partial charge in [-0.1, -0.05) is 12.1 Å². The van der Waals surface area contributed by atoms with Gasteiger partial charge < -0.3 is 15.3 Å². The molecule has 1 aromatic rings. The van der Waals surface area contributed by atoms with E-state index in [0.29, 0.717) is 9.87 Å². The molecule has 0 fully saturated rings. The van der Waals surface area contributed by atoms with Gasteiger partial charge in [-0.3, -0.25) is 0 Å². The molecule has 0 aromatic heterocycles. The largest absolute Gasteiger partial charge is 0.506 e. The van der Waals surface area contributed by atoms with Crippen LogP contribution in [-0.2, 0) is 10.0 Å². The third-order valence-corrected chi connectivity index (χ3v) is 3.93. The number of aromatic hydroxyl groups is 1. The molecule has 16 heavy (non-hydrogen) atoms. The molecule has 0 radical (unpaired) electrons. The minimum absolute atomic E-state index is 0.337. The molecule has 0 bridgehead atoms. The minimum atomic E-state index is -4.07. The highest BCUT2D eigenvalue weighted by Crippen LogP contribution is 2.28. The van der Waals surface area contributed by atoms with Crippen LogP contribution >= 0.6 is 0 Å². The Balaban J connectivity index is 3.33. The highest BCUT2D eigenvalue weighted by Gasteiger charge is 2.26. The maximum absolute atomic E-state index is 11.8. The highest BCUT2D eigenvalue weighted by atomic mass is 32.2. The van der Waals surface area contributed by atoms with Crippen molar-refractivity contribution in [3.63, 3.8) is 0 Å². The van der Waals surface area contributed by atoms with Gasteiger partial charge in [0.15, 0.2) is 0 Å². The number of sulfonamides is 1. The molecule has 0 aliphatic heterocycles. The summed E-state index contributed by atoms with van der Waals surface area (Å²) in [6, 6.07) is 4.22. The van der Waals surface area contributed by atoms with Gasteiger partial charge in [-0.05, 0) is 18.6 Å². The average molecular weight is 247 g/mol. The molecule has 1 aromatic carbocycles. The fourth-order valence-corrected chi connectivity index (χ4v) is 2.41. The fourth-order valence-electron chi connectivity index (χ4n) is 1.18. The summed E-state index contributed by atoms with van der Waals surface area (Å²) >= 11 is 0. The highest BCUT2D eigenvalue weighted by molar-refractivity contribution is 7.89. The van der Waals surface area contributed by atoms with Crippen molar-refractivity contribution in [3.05, 3.63) is 23.8 Å². The van der Waals surface area contributed by atoms with E-state index in [9.17, 15) is 13.5 Å². The van der Waals surface area contributed by atoms with Crippen molar-refractivity contribution in [2.45, 2.75) is 11.8 Å². The first kappa shape index (κ1) is 12.9. The van der Waals surface area contributed by atoms with Crippen LogP contribution < -0.4 is 0 Å². The second kappa shape index (κ2) is 4.79. The zero-order valence-electron chi connectivity index (χ0n) is 8.66. The molecule has 6 nitrogen and oxygen atoms in total. The van der Waals surface area contributed by atoms with E-state index in [-0.39, 0.29) is 10.6 Å². The first-order valence-electron chi connectivity index (χ1n) is 4.45. The summed E-state index contributed by atoms with van der Waals surface area (Å²) < 4.78 is 24.1. The van der Waals surface area contributed by atoms with Crippen LogP contribution in [0.5, 0.6) is 5.75 Å². The van der Waals surface area contributed by atoms with E-state index in [1.54, 1.807) is 13.0 Å². The number of rotatable bonds is 4. The standard InChI is InChI=1S/C9H13NO5S/c1-7-3-2-4-8(9(7)13)16(14,15)10(5-11)6-12/h2-4,11-13H,5-6H2,1H3. The van der Waals surface area contributed by atoms with E-state index in [2.05, 4.69) is 0 Å². The van der Waals surface area contributed by atoms with Crippen molar-refractivity contribution in [1.29, 1.82) is 0 Å². The molecule has 0 amide bonds. The van der Waals surface area contributed by atoms with Crippen molar-refractivity contribution < 1.29 is 23.7 Å². The van der Waals surface area contributed by atoms with E-state index in [1.807, 2.05) is 0 Å². The summed E-state index contributed by atoms with van der Waals surface area (Å²) in [4.78, 5) is -0.337. The molecule has 0 heterocycles. The number of aliphatic hydroxyl groups excluding tert-OH is 2.